The van der Waals surface area contributed by atoms with Crippen molar-refractivity contribution in [2.75, 3.05) is 0 Å². The average Bonchev–Trinajstić information content (AvgIpc) is 2.90. The second kappa shape index (κ2) is 4.09. The molecule has 2 aliphatic heterocycles. The van der Waals surface area contributed by atoms with Crippen molar-refractivity contribution in [2.24, 2.45) is 11.8 Å². The number of ether oxygens (including phenoxy) is 2. The highest BCUT2D eigenvalue weighted by Gasteiger charge is 2.61. The Balaban J connectivity index is 1.85. The molecule has 1 aliphatic carbocycles. The van der Waals surface area contributed by atoms with Gasteiger partial charge in [-0.1, -0.05) is 18.6 Å². The Kier molecular flexibility index (Phi) is 2.77. The lowest BCUT2D eigenvalue weighted by Crippen LogP contribution is -2.29. The van der Waals surface area contributed by atoms with Crippen molar-refractivity contribution in [1.29, 1.82) is 0 Å². The lowest BCUT2D eigenvalue weighted by atomic mass is 9.81. The fourth-order valence-corrected chi connectivity index (χ4v) is 3.46. The molecule has 3 heteroatoms. The fraction of sp³-hybridized carbons (Fsp3) is 0.800. The summed E-state index contributed by atoms with van der Waals surface area (Å²) in [5.74, 6) is 0.310. The Morgan fingerprint density at radius 2 is 2.22 bits per heavy atom. The van der Waals surface area contributed by atoms with E-state index >= 15 is 0 Å². The largest absolute Gasteiger partial charge is 0.459 e. The lowest BCUT2D eigenvalue weighted by molar-refractivity contribution is -0.144. The van der Waals surface area contributed by atoms with E-state index in [2.05, 4.69) is 19.9 Å². The van der Waals surface area contributed by atoms with Crippen molar-refractivity contribution in [3.8, 4) is 0 Å². The molecule has 0 aromatic heterocycles. The molecule has 3 nitrogen and oxygen atoms in total. The monoisotopic (exact) mass is 250 g/mol. The summed E-state index contributed by atoms with van der Waals surface area (Å²) >= 11 is 0. The van der Waals surface area contributed by atoms with Crippen molar-refractivity contribution < 1.29 is 14.3 Å². The molecule has 0 spiro atoms. The topological polar surface area (TPSA) is 38.8 Å². The van der Waals surface area contributed by atoms with E-state index in [0.717, 1.165) is 25.7 Å². The second-order valence-electron chi connectivity index (χ2n) is 6.33. The average molecular weight is 250 g/mol. The predicted octanol–water partition coefficient (Wildman–Crippen LogP) is 2.84. The molecule has 0 unspecified atom stereocenters. The first-order chi connectivity index (χ1) is 8.51. The molecule has 100 valence electrons. The molecular formula is C15H22O3. The predicted molar refractivity (Wildman–Crippen MR) is 68.0 cm³/mol. The van der Waals surface area contributed by atoms with Crippen molar-refractivity contribution in [1.82, 2.24) is 0 Å². The van der Waals surface area contributed by atoms with Gasteiger partial charge in [0.05, 0.1) is 11.5 Å². The molecule has 0 aromatic carbocycles. The van der Waals surface area contributed by atoms with Crippen LogP contribution in [0.4, 0.5) is 0 Å². The number of hydrogen-bond donors (Lipinski definition) is 0. The van der Waals surface area contributed by atoms with Crippen molar-refractivity contribution >= 4 is 5.97 Å². The molecule has 0 aromatic rings. The van der Waals surface area contributed by atoms with Gasteiger partial charge in [0.15, 0.2) is 0 Å². The van der Waals surface area contributed by atoms with Gasteiger partial charge >= 0.3 is 5.97 Å². The van der Waals surface area contributed by atoms with Gasteiger partial charge < -0.3 is 9.47 Å². The zero-order valence-corrected chi connectivity index (χ0v) is 11.4. The van der Waals surface area contributed by atoms with Crippen LogP contribution in [0.2, 0.25) is 0 Å². The third-order valence-electron chi connectivity index (χ3n) is 4.93. The summed E-state index contributed by atoms with van der Waals surface area (Å²) in [7, 11) is 0. The van der Waals surface area contributed by atoms with Crippen LogP contribution in [-0.2, 0) is 14.3 Å². The number of esters is 1. The summed E-state index contributed by atoms with van der Waals surface area (Å²) in [4.78, 5) is 11.8. The van der Waals surface area contributed by atoms with E-state index in [-0.39, 0.29) is 29.7 Å². The maximum Gasteiger partial charge on any atom is 0.309 e. The number of epoxide rings is 1. The zero-order valence-electron chi connectivity index (χ0n) is 11.4. The first-order valence-corrected chi connectivity index (χ1v) is 7.05. The summed E-state index contributed by atoms with van der Waals surface area (Å²) in [5.41, 5.74) is 1.37. The van der Waals surface area contributed by atoms with Crippen LogP contribution in [0.25, 0.3) is 0 Å². The van der Waals surface area contributed by atoms with E-state index in [1.54, 1.807) is 0 Å². The number of allylic oxidation sites excluding steroid dienone is 2. The number of fused-ring (bicyclic) bond motifs is 3. The molecule has 0 saturated carbocycles. The first kappa shape index (κ1) is 12.2. The van der Waals surface area contributed by atoms with Gasteiger partial charge in [-0.25, -0.2) is 0 Å². The Morgan fingerprint density at radius 1 is 1.44 bits per heavy atom. The van der Waals surface area contributed by atoms with E-state index in [9.17, 15) is 4.79 Å². The van der Waals surface area contributed by atoms with Crippen molar-refractivity contribution in [3.05, 3.63) is 11.6 Å². The molecule has 5 atom stereocenters. The fourth-order valence-electron chi connectivity index (χ4n) is 3.46. The van der Waals surface area contributed by atoms with Gasteiger partial charge in [-0.15, -0.1) is 0 Å². The molecule has 0 N–H and O–H groups in total. The Morgan fingerprint density at radius 3 is 3.00 bits per heavy atom. The second-order valence-corrected chi connectivity index (χ2v) is 6.33. The van der Waals surface area contributed by atoms with Crippen LogP contribution in [0.3, 0.4) is 0 Å². The molecule has 18 heavy (non-hydrogen) atoms. The van der Waals surface area contributed by atoms with Crippen molar-refractivity contribution in [3.63, 3.8) is 0 Å². The first-order valence-electron chi connectivity index (χ1n) is 7.05. The molecule has 2 fully saturated rings. The maximum absolute atomic E-state index is 11.8. The van der Waals surface area contributed by atoms with Crippen LogP contribution in [0.1, 0.15) is 46.5 Å². The van der Waals surface area contributed by atoms with Crippen LogP contribution >= 0.6 is 0 Å². The minimum atomic E-state index is -0.0681. The molecular weight excluding hydrogens is 228 g/mol. The molecule has 3 rings (SSSR count). The lowest BCUT2D eigenvalue weighted by Gasteiger charge is -2.20. The van der Waals surface area contributed by atoms with E-state index in [0.29, 0.717) is 5.92 Å². The van der Waals surface area contributed by atoms with Gasteiger partial charge in [0, 0.05) is 5.92 Å². The van der Waals surface area contributed by atoms with Crippen LogP contribution in [0.5, 0.6) is 0 Å². The number of rotatable bonds is 0. The normalized spacial score (nSPS) is 50.6. The summed E-state index contributed by atoms with van der Waals surface area (Å²) in [6, 6.07) is 0. The van der Waals surface area contributed by atoms with Crippen LogP contribution in [0, 0.1) is 11.8 Å². The van der Waals surface area contributed by atoms with Gasteiger partial charge in [-0.2, -0.15) is 0 Å². The third kappa shape index (κ3) is 1.89. The van der Waals surface area contributed by atoms with E-state index in [1.165, 1.54) is 5.57 Å². The van der Waals surface area contributed by atoms with Crippen molar-refractivity contribution in [2.45, 2.75) is 64.3 Å². The highest BCUT2D eigenvalue weighted by Crippen LogP contribution is 2.50. The van der Waals surface area contributed by atoms with Gasteiger partial charge in [0.1, 0.15) is 12.2 Å². The Labute approximate surface area is 109 Å². The number of carbonyl (C=O) groups excluding carboxylic acids is 1. The molecule has 2 saturated heterocycles. The third-order valence-corrected chi connectivity index (χ3v) is 4.93. The zero-order chi connectivity index (χ0) is 12.9. The molecule has 2 heterocycles. The highest BCUT2D eigenvalue weighted by molar-refractivity contribution is 5.75. The minimum Gasteiger partial charge on any atom is -0.459 e. The summed E-state index contributed by atoms with van der Waals surface area (Å²) < 4.78 is 11.5. The van der Waals surface area contributed by atoms with Crippen LogP contribution < -0.4 is 0 Å². The van der Waals surface area contributed by atoms with Gasteiger partial charge in [0.2, 0.25) is 0 Å². The van der Waals surface area contributed by atoms with Gasteiger partial charge in [-0.3, -0.25) is 4.79 Å². The van der Waals surface area contributed by atoms with E-state index in [1.807, 2.05) is 6.92 Å². The smallest absolute Gasteiger partial charge is 0.309 e. The number of carbonyl (C=O) groups is 1. The maximum atomic E-state index is 11.8. The standard InChI is InChI=1S/C15H22O3/c1-9-5-4-8-15(3)13(18-15)12-11(7-6-9)10(2)14(16)17-12/h5,10-13H,4,6-8H2,1-3H3/b9-5+/t10-,11+,12+,13+,15-/m1/s1. The summed E-state index contributed by atoms with van der Waals surface area (Å²) in [6.45, 7) is 6.33. The number of hydrogen-bond acceptors (Lipinski definition) is 3. The van der Waals surface area contributed by atoms with Crippen LogP contribution in [-0.4, -0.2) is 23.8 Å². The molecule has 0 amide bonds. The van der Waals surface area contributed by atoms with Crippen LogP contribution in [0.15, 0.2) is 11.6 Å². The Bertz CT molecular complexity index is 401. The van der Waals surface area contributed by atoms with Gasteiger partial charge in [0.25, 0.3) is 0 Å². The quantitative estimate of drug-likeness (QED) is 0.377. The SMILES string of the molecule is C/C1=C\CC[C@@]2(C)O[C@H]2[C@H]2OC(=O)[C@H](C)[C@@H]2CC1. The molecule has 3 aliphatic rings. The summed E-state index contributed by atoms with van der Waals surface area (Å²) in [5, 5.41) is 0. The van der Waals surface area contributed by atoms with Gasteiger partial charge in [-0.05, 0) is 39.5 Å². The highest BCUT2D eigenvalue weighted by atomic mass is 16.6. The van der Waals surface area contributed by atoms with E-state index in [4.69, 9.17) is 9.47 Å². The summed E-state index contributed by atoms with van der Waals surface area (Å²) in [6.07, 6.45) is 6.66. The molecule has 0 radical (unpaired) electrons. The minimum absolute atomic E-state index is 0.0107. The molecule has 0 bridgehead atoms. The van der Waals surface area contributed by atoms with E-state index < -0.39 is 0 Å². The Hall–Kier alpha value is -0.830.